The average molecular weight is 130 g/mol. The maximum Gasteiger partial charge on any atom is 0.147 e. The second kappa shape index (κ2) is 2.85. The van der Waals surface area contributed by atoms with Gasteiger partial charge in [0, 0.05) is 0 Å². The van der Waals surface area contributed by atoms with Crippen molar-refractivity contribution in [2.24, 2.45) is 0 Å². The maximum atomic E-state index is 9.03. The molecule has 0 saturated heterocycles. The zero-order valence-corrected chi connectivity index (χ0v) is 5.03. The van der Waals surface area contributed by atoms with E-state index in [-0.39, 0.29) is 6.61 Å². The fourth-order valence-electron chi connectivity index (χ4n) is 0.759. The molecule has 0 bridgehead atoms. The summed E-state index contributed by atoms with van der Waals surface area (Å²) < 4.78 is 4.86. The Kier molecular flexibility index (Phi) is 2.08. The second-order valence-corrected chi connectivity index (χ2v) is 2.03. The van der Waals surface area contributed by atoms with Crippen LogP contribution in [-0.4, -0.2) is 29.0 Å². The van der Waals surface area contributed by atoms with Crippen LogP contribution < -0.4 is 0 Å². The van der Waals surface area contributed by atoms with Crippen LogP contribution in [-0.2, 0) is 4.74 Å². The Morgan fingerprint density at radius 2 is 2.44 bits per heavy atom. The zero-order chi connectivity index (χ0) is 6.69. The van der Waals surface area contributed by atoms with E-state index in [0.29, 0.717) is 6.42 Å². The van der Waals surface area contributed by atoms with Gasteiger partial charge in [0.25, 0.3) is 0 Å². The van der Waals surface area contributed by atoms with Gasteiger partial charge in [0.1, 0.15) is 6.10 Å². The second-order valence-electron chi connectivity index (χ2n) is 2.03. The smallest absolute Gasteiger partial charge is 0.147 e. The first-order chi connectivity index (χ1) is 4.34. The van der Waals surface area contributed by atoms with Crippen LogP contribution in [0.2, 0.25) is 0 Å². The molecule has 0 saturated carbocycles. The van der Waals surface area contributed by atoms with Gasteiger partial charge in [-0.05, 0) is 12.5 Å². The molecular weight excluding hydrogens is 120 g/mol. The Balaban J connectivity index is 2.43. The molecule has 0 fully saturated rings. The molecule has 2 N–H and O–H groups in total. The van der Waals surface area contributed by atoms with Crippen molar-refractivity contribution in [2.45, 2.75) is 18.6 Å². The maximum absolute atomic E-state index is 9.03. The van der Waals surface area contributed by atoms with Crippen molar-refractivity contribution in [3.8, 4) is 0 Å². The molecule has 1 heterocycles. The van der Waals surface area contributed by atoms with E-state index < -0.39 is 12.2 Å². The van der Waals surface area contributed by atoms with E-state index in [1.807, 2.05) is 0 Å². The molecule has 1 aliphatic heterocycles. The van der Waals surface area contributed by atoms with E-state index in [1.54, 1.807) is 6.08 Å². The van der Waals surface area contributed by atoms with E-state index in [0.717, 1.165) is 0 Å². The minimum absolute atomic E-state index is 0.120. The molecule has 0 radical (unpaired) electrons. The molecule has 1 aliphatic rings. The van der Waals surface area contributed by atoms with E-state index in [4.69, 9.17) is 14.9 Å². The number of aliphatic hydroxyl groups is 2. The highest BCUT2D eigenvalue weighted by Gasteiger charge is 2.19. The summed E-state index contributed by atoms with van der Waals surface area (Å²) in [5.74, 6) is 0. The van der Waals surface area contributed by atoms with Gasteiger partial charge in [-0.25, -0.2) is 0 Å². The SMILES string of the molecule is OCC1OC=CC[C@@H]1O. The Labute approximate surface area is 53.6 Å². The minimum Gasteiger partial charge on any atom is -0.493 e. The van der Waals surface area contributed by atoms with Gasteiger partial charge >= 0.3 is 0 Å². The van der Waals surface area contributed by atoms with E-state index in [1.165, 1.54) is 6.26 Å². The van der Waals surface area contributed by atoms with Crippen LogP contribution in [0, 0.1) is 0 Å². The van der Waals surface area contributed by atoms with E-state index >= 15 is 0 Å². The van der Waals surface area contributed by atoms with Crippen molar-refractivity contribution in [3.05, 3.63) is 12.3 Å². The van der Waals surface area contributed by atoms with E-state index in [9.17, 15) is 0 Å². The predicted molar refractivity (Wildman–Crippen MR) is 31.7 cm³/mol. The highest BCUT2D eigenvalue weighted by atomic mass is 16.5. The number of rotatable bonds is 1. The van der Waals surface area contributed by atoms with Gasteiger partial charge in [0.15, 0.2) is 0 Å². The summed E-state index contributed by atoms with van der Waals surface area (Å²) >= 11 is 0. The highest BCUT2D eigenvalue weighted by Crippen LogP contribution is 2.09. The van der Waals surface area contributed by atoms with Crippen molar-refractivity contribution < 1.29 is 14.9 Å². The quantitative estimate of drug-likeness (QED) is 0.509. The van der Waals surface area contributed by atoms with Crippen LogP contribution in [0.3, 0.4) is 0 Å². The molecular formula is C6H10O3. The standard InChI is InChI=1S/C6H10O3/c7-4-6-5(8)2-1-3-9-6/h1,3,5-8H,2,4H2/t5-,6?/m0/s1. The van der Waals surface area contributed by atoms with Gasteiger partial charge in [0.05, 0.1) is 19.0 Å². The summed E-state index contributed by atoms with van der Waals surface area (Å²) in [6.07, 6.45) is 2.85. The van der Waals surface area contributed by atoms with Crippen molar-refractivity contribution in [1.29, 1.82) is 0 Å². The summed E-state index contributed by atoms with van der Waals surface area (Å²) in [7, 11) is 0. The van der Waals surface area contributed by atoms with Crippen molar-refractivity contribution >= 4 is 0 Å². The summed E-state index contributed by atoms with van der Waals surface area (Å²) in [6.45, 7) is -0.120. The third kappa shape index (κ3) is 1.43. The fourth-order valence-corrected chi connectivity index (χ4v) is 0.759. The average Bonchev–Trinajstić information content (AvgIpc) is 1.89. The zero-order valence-electron chi connectivity index (χ0n) is 5.03. The van der Waals surface area contributed by atoms with Crippen LogP contribution >= 0.6 is 0 Å². The van der Waals surface area contributed by atoms with Gasteiger partial charge in [-0.2, -0.15) is 0 Å². The summed E-state index contributed by atoms with van der Waals surface area (Å²) in [6, 6.07) is 0. The van der Waals surface area contributed by atoms with Gasteiger partial charge in [-0.1, -0.05) is 0 Å². The van der Waals surface area contributed by atoms with Gasteiger partial charge in [0.2, 0.25) is 0 Å². The lowest BCUT2D eigenvalue weighted by molar-refractivity contribution is -0.0312. The van der Waals surface area contributed by atoms with Crippen LogP contribution in [0.5, 0.6) is 0 Å². The monoisotopic (exact) mass is 130 g/mol. The molecule has 0 aromatic heterocycles. The topological polar surface area (TPSA) is 49.7 Å². The molecule has 0 amide bonds. The Hall–Kier alpha value is -0.540. The van der Waals surface area contributed by atoms with Crippen LogP contribution in [0.15, 0.2) is 12.3 Å². The number of aliphatic hydroxyl groups excluding tert-OH is 2. The molecule has 1 unspecified atom stereocenters. The first-order valence-corrected chi connectivity index (χ1v) is 2.94. The molecule has 9 heavy (non-hydrogen) atoms. The lowest BCUT2D eigenvalue weighted by Gasteiger charge is -2.22. The number of hydrogen-bond acceptors (Lipinski definition) is 3. The summed E-state index contributed by atoms with van der Waals surface area (Å²) in [4.78, 5) is 0. The fraction of sp³-hybridized carbons (Fsp3) is 0.667. The number of hydrogen-bond donors (Lipinski definition) is 2. The molecule has 0 aromatic rings. The third-order valence-electron chi connectivity index (χ3n) is 1.34. The van der Waals surface area contributed by atoms with Gasteiger partial charge in [-0.15, -0.1) is 0 Å². The molecule has 1 rings (SSSR count). The number of ether oxygens (including phenoxy) is 1. The lowest BCUT2D eigenvalue weighted by atomic mass is 10.1. The molecule has 0 aromatic carbocycles. The summed E-state index contributed by atoms with van der Waals surface area (Å²) in [5.41, 5.74) is 0. The molecule has 52 valence electrons. The minimum atomic E-state index is -0.542. The highest BCUT2D eigenvalue weighted by molar-refractivity contribution is 4.87. The molecule has 0 aliphatic carbocycles. The normalized spacial score (nSPS) is 34.0. The van der Waals surface area contributed by atoms with Crippen LogP contribution in [0.25, 0.3) is 0 Å². The lowest BCUT2D eigenvalue weighted by Crippen LogP contribution is -2.32. The Bertz CT molecular complexity index is 111. The van der Waals surface area contributed by atoms with Gasteiger partial charge in [-0.3, -0.25) is 0 Å². The van der Waals surface area contributed by atoms with E-state index in [2.05, 4.69) is 0 Å². The molecule has 3 nitrogen and oxygen atoms in total. The third-order valence-corrected chi connectivity index (χ3v) is 1.34. The Morgan fingerprint density at radius 3 is 2.89 bits per heavy atom. The predicted octanol–water partition coefficient (Wildman–Crippen LogP) is -0.358. The molecule has 2 atom stereocenters. The van der Waals surface area contributed by atoms with Crippen molar-refractivity contribution in [2.75, 3.05) is 6.61 Å². The van der Waals surface area contributed by atoms with Gasteiger partial charge < -0.3 is 14.9 Å². The first-order valence-electron chi connectivity index (χ1n) is 2.94. The summed E-state index contributed by atoms with van der Waals surface area (Å²) in [5, 5.41) is 17.6. The van der Waals surface area contributed by atoms with Crippen LogP contribution in [0.4, 0.5) is 0 Å². The van der Waals surface area contributed by atoms with Crippen LogP contribution in [0.1, 0.15) is 6.42 Å². The Morgan fingerprint density at radius 1 is 1.67 bits per heavy atom. The molecule has 0 spiro atoms. The van der Waals surface area contributed by atoms with Crippen molar-refractivity contribution in [3.63, 3.8) is 0 Å². The van der Waals surface area contributed by atoms with Crippen molar-refractivity contribution in [1.82, 2.24) is 0 Å². The largest absolute Gasteiger partial charge is 0.493 e. The first kappa shape index (κ1) is 6.58. The molecule has 3 heteroatoms.